The van der Waals surface area contributed by atoms with Gasteiger partial charge in [0, 0.05) is 18.2 Å². The van der Waals surface area contributed by atoms with Crippen LogP contribution in [0, 0.1) is 27.7 Å². The molecule has 3 amide bonds. The van der Waals surface area contributed by atoms with Gasteiger partial charge in [0.2, 0.25) is 11.7 Å². The van der Waals surface area contributed by atoms with Crippen molar-refractivity contribution in [3.8, 4) is 0 Å². The lowest BCUT2D eigenvalue weighted by molar-refractivity contribution is -0.114. The van der Waals surface area contributed by atoms with Crippen molar-refractivity contribution in [2.45, 2.75) is 34.6 Å². The second-order valence-electron chi connectivity index (χ2n) is 9.05. The van der Waals surface area contributed by atoms with Gasteiger partial charge in [0.25, 0.3) is 11.8 Å². The molecule has 1 aliphatic heterocycles. The van der Waals surface area contributed by atoms with E-state index in [0.717, 1.165) is 27.2 Å². The average molecular weight is 499 g/mol. The SMILES string of the molecule is CC(=O)Nc1ccc(N2C(=O)c3ccc(C(=O)OCC(=O)c4cc(C)c(C)c(C)c4C)cc3C2=O)cc1. The van der Waals surface area contributed by atoms with Crippen molar-refractivity contribution in [3.05, 3.63) is 93.0 Å². The largest absolute Gasteiger partial charge is 0.454 e. The van der Waals surface area contributed by atoms with E-state index in [1.165, 1.54) is 25.1 Å². The van der Waals surface area contributed by atoms with E-state index >= 15 is 0 Å². The lowest BCUT2D eigenvalue weighted by Gasteiger charge is -2.14. The molecule has 37 heavy (non-hydrogen) atoms. The van der Waals surface area contributed by atoms with Crippen molar-refractivity contribution in [1.29, 1.82) is 0 Å². The Morgan fingerprint density at radius 1 is 0.811 bits per heavy atom. The zero-order chi connectivity index (χ0) is 27.0. The van der Waals surface area contributed by atoms with Crippen LogP contribution in [0.3, 0.4) is 0 Å². The third kappa shape index (κ3) is 4.78. The first-order chi connectivity index (χ1) is 17.5. The minimum atomic E-state index is -0.771. The van der Waals surface area contributed by atoms with E-state index in [4.69, 9.17) is 4.74 Å². The number of amides is 3. The molecule has 0 saturated heterocycles. The van der Waals surface area contributed by atoms with Gasteiger partial charge in [-0.15, -0.1) is 0 Å². The van der Waals surface area contributed by atoms with E-state index in [-0.39, 0.29) is 28.4 Å². The standard InChI is InChI=1S/C29H26N2O6/c1-15-12-24(18(4)17(3)16(15)2)26(33)14-37-29(36)20-6-11-23-25(13-20)28(35)31(27(23)34)22-9-7-21(8-10-22)30-19(5)32/h6-13H,14H2,1-5H3,(H,30,32). The van der Waals surface area contributed by atoms with Gasteiger partial charge in [-0.3, -0.25) is 19.2 Å². The van der Waals surface area contributed by atoms with Gasteiger partial charge in [-0.25, -0.2) is 9.69 Å². The van der Waals surface area contributed by atoms with Crippen molar-refractivity contribution in [2.24, 2.45) is 0 Å². The van der Waals surface area contributed by atoms with Gasteiger partial charge in [-0.2, -0.15) is 0 Å². The Balaban J connectivity index is 1.50. The Labute approximate surface area is 214 Å². The number of fused-ring (bicyclic) bond motifs is 1. The zero-order valence-electron chi connectivity index (χ0n) is 21.2. The maximum Gasteiger partial charge on any atom is 0.338 e. The molecule has 0 fully saturated rings. The smallest absolute Gasteiger partial charge is 0.338 e. The molecule has 0 aromatic heterocycles. The van der Waals surface area contributed by atoms with Crippen molar-refractivity contribution in [1.82, 2.24) is 0 Å². The molecule has 0 bridgehead atoms. The lowest BCUT2D eigenvalue weighted by Crippen LogP contribution is -2.29. The van der Waals surface area contributed by atoms with Gasteiger partial charge in [0.05, 0.1) is 22.4 Å². The molecule has 3 aromatic carbocycles. The molecule has 1 aliphatic rings. The lowest BCUT2D eigenvalue weighted by atomic mass is 9.93. The van der Waals surface area contributed by atoms with Crippen molar-refractivity contribution < 1.29 is 28.7 Å². The summed E-state index contributed by atoms with van der Waals surface area (Å²) in [6.45, 7) is 8.66. The number of hydrogen-bond acceptors (Lipinski definition) is 6. The van der Waals surface area contributed by atoms with E-state index in [2.05, 4.69) is 5.32 Å². The number of carbonyl (C=O) groups is 5. The number of benzene rings is 3. The molecule has 0 aliphatic carbocycles. The Morgan fingerprint density at radius 3 is 2.11 bits per heavy atom. The summed E-state index contributed by atoms with van der Waals surface area (Å²) in [7, 11) is 0. The first-order valence-corrected chi connectivity index (χ1v) is 11.7. The Morgan fingerprint density at radius 2 is 1.46 bits per heavy atom. The molecule has 0 saturated carbocycles. The van der Waals surface area contributed by atoms with Crippen LogP contribution in [0.4, 0.5) is 11.4 Å². The molecular formula is C29H26N2O6. The second-order valence-corrected chi connectivity index (χ2v) is 9.05. The number of nitrogens with zero attached hydrogens (tertiary/aromatic N) is 1. The van der Waals surface area contributed by atoms with Gasteiger partial charge in [-0.1, -0.05) is 0 Å². The fraction of sp³-hybridized carbons (Fsp3) is 0.207. The second kappa shape index (κ2) is 9.81. The maximum absolute atomic E-state index is 13.1. The van der Waals surface area contributed by atoms with Gasteiger partial charge in [0.15, 0.2) is 6.61 Å². The van der Waals surface area contributed by atoms with E-state index < -0.39 is 24.4 Å². The molecule has 0 radical (unpaired) electrons. The predicted octanol–water partition coefficient (Wildman–Crippen LogP) is 4.72. The molecule has 0 unspecified atom stereocenters. The summed E-state index contributed by atoms with van der Waals surface area (Å²) in [6.07, 6.45) is 0. The minimum absolute atomic E-state index is 0.0588. The Kier molecular flexibility index (Phi) is 6.76. The number of ketones is 1. The summed E-state index contributed by atoms with van der Waals surface area (Å²) in [5, 5.41) is 2.62. The highest BCUT2D eigenvalue weighted by atomic mass is 16.5. The van der Waals surface area contributed by atoms with Crippen molar-refractivity contribution >= 4 is 40.8 Å². The number of carbonyl (C=O) groups excluding carboxylic acids is 5. The van der Waals surface area contributed by atoms with E-state index in [1.54, 1.807) is 30.3 Å². The zero-order valence-corrected chi connectivity index (χ0v) is 21.2. The molecular weight excluding hydrogens is 472 g/mol. The number of imide groups is 1. The minimum Gasteiger partial charge on any atom is -0.454 e. The third-order valence-electron chi connectivity index (χ3n) is 6.68. The number of Topliss-reactive ketones (excluding diaryl/α,β-unsaturated/α-hetero) is 1. The Bertz CT molecular complexity index is 1490. The topological polar surface area (TPSA) is 110 Å². The average Bonchev–Trinajstić information content (AvgIpc) is 3.12. The maximum atomic E-state index is 13.1. The van der Waals surface area contributed by atoms with Crippen LogP contribution in [0.1, 0.15) is 70.6 Å². The molecule has 4 rings (SSSR count). The van der Waals surface area contributed by atoms with Crippen LogP contribution in [-0.4, -0.2) is 36.1 Å². The normalized spacial score (nSPS) is 12.4. The Hall–Kier alpha value is -4.59. The van der Waals surface area contributed by atoms with E-state index in [1.807, 2.05) is 27.7 Å². The monoisotopic (exact) mass is 498 g/mol. The molecule has 0 spiro atoms. The fourth-order valence-corrected chi connectivity index (χ4v) is 4.29. The quantitative estimate of drug-likeness (QED) is 0.299. The first-order valence-electron chi connectivity index (χ1n) is 11.7. The number of aryl methyl sites for hydroxylation is 1. The van der Waals surface area contributed by atoms with Crippen LogP contribution < -0.4 is 10.2 Å². The highest BCUT2D eigenvalue weighted by Crippen LogP contribution is 2.30. The van der Waals surface area contributed by atoms with Crippen LogP contribution in [-0.2, 0) is 9.53 Å². The van der Waals surface area contributed by atoms with Crippen molar-refractivity contribution in [2.75, 3.05) is 16.8 Å². The van der Waals surface area contributed by atoms with Gasteiger partial charge >= 0.3 is 5.97 Å². The van der Waals surface area contributed by atoms with Gasteiger partial charge in [-0.05, 0) is 98.5 Å². The summed E-state index contributed by atoms with van der Waals surface area (Å²) in [5.41, 5.74) is 5.60. The summed E-state index contributed by atoms with van der Waals surface area (Å²) in [5.74, 6) is -2.44. The number of ether oxygens (including phenoxy) is 1. The first kappa shape index (κ1) is 25.5. The molecule has 8 heteroatoms. The number of hydrogen-bond donors (Lipinski definition) is 1. The number of esters is 1. The fourth-order valence-electron chi connectivity index (χ4n) is 4.29. The van der Waals surface area contributed by atoms with Gasteiger partial charge < -0.3 is 10.1 Å². The summed E-state index contributed by atoms with van der Waals surface area (Å²) < 4.78 is 5.25. The highest BCUT2D eigenvalue weighted by molar-refractivity contribution is 6.34. The summed E-state index contributed by atoms with van der Waals surface area (Å²) >= 11 is 0. The number of nitrogens with one attached hydrogen (secondary N) is 1. The molecule has 0 atom stereocenters. The van der Waals surface area contributed by atoms with Crippen LogP contribution in [0.15, 0.2) is 48.5 Å². The molecule has 1 N–H and O–H groups in total. The van der Waals surface area contributed by atoms with Crippen molar-refractivity contribution in [3.63, 3.8) is 0 Å². The molecule has 8 nitrogen and oxygen atoms in total. The third-order valence-corrected chi connectivity index (χ3v) is 6.68. The number of rotatable bonds is 6. The predicted molar refractivity (Wildman–Crippen MR) is 138 cm³/mol. The molecule has 1 heterocycles. The summed E-state index contributed by atoms with van der Waals surface area (Å²) in [6, 6.07) is 12.2. The highest BCUT2D eigenvalue weighted by Gasteiger charge is 2.37. The van der Waals surface area contributed by atoms with Crippen LogP contribution in [0.2, 0.25) is 0 Å². The number of anilines is 2. The van der Waals surface area contributed by atoms with E-state index in [0.29, 0.717) is 16.9 Å². The van der Waals surface area contributed by atoms with Gasteiger partial charge in [0.1, 0.15) is 0 Å². The molecule has 3 aromatic rings. The summed E-state index contributed by atoms with van der Waals surface area (Å²) in [4.78, 5) is 63.7. The van der Waals surface area contributed by atoms with Crippen LogP contribution >= 0.6 is 0 Å². The molecule has 188 valence electrons. The van der Waals surface area contributed by atoms with Crippen LogP contribution in [0.25, 0.3) is 0 Å². The van der Waals surface area contributed by atoms with E-state index in [9.17, 15) is 24.0 Å². The van der Waals surface area contributed by atoms with Crippen LogP contribution in [0.5, 0.6) is 0 Å².